The number of tetrazole rings is 1. The minimum Gasteiger partial charge on any atom is -0.338 e. The molecule has 0 aliphatic heterocycles. The lowest BCUT2D eigenvalue weighted by Gasteiger charge is -2.32. The van der Waals surface area contributed by atoms with Crippen LogP contribution in [0.4, 0.5) is 0 Å². The highest BCUT2D eigenvalue weighted by Gasteiger charge is 2.35. The molecule has 0 atom stereocenters. The van der Waals surface area contributed by atoms with E-state index in [1.54, 1.807) is 23.7 Å². The predicted octanol–water partition coefficient (Wildman–Crippen LogP) is -0.0664. The molecule has 102 valence electrons. The molecule has 0 unspecified atom stereocenters. The minimum atomic E-state index is -0.471. The average molecular weight is 254 g/mol. The van der Waals surface area contributed by atoms with Gasteiger partial charge in [-0.15, -0.1) is 5.10 Å². The van der Waals surface area contributed by atoms with Crippen molar-refractivity contribution in [3.63, 3.8) is 0 Å². The second kappa shape index (κ2) is 5.90. The Morgan fingerprint density at radius 3 is 2.44 bits per heavy atom. The second-order valence-electron chi connectivity index (χ2n) is 4.57. The molecular formula is C11H22N6O. The van der Waals surface area contributed by atoms with Crippen LogP contribution in [0, 0.1) is 5.41 Å². The van der Waals surface area contributed by atoms with Gasteiger partial charge in [0.25, 0.3) is 0 Å². The molecule has 18 heavy (non-hydrogen) atoms. The van der Waals surface area contributed by atoms with Crippen LogP contribution < -0.4 is 5.73 Å². The molecule has 1 amide bonds. The van der Waals surface area contributed by atoms with Crippen LogP contribution in [0.2, 0.25) is 0 Å². The van der Waals surface area contributed by atoms with E-state index < -0.39 is 5.41 Å². The fourth-order valence-electron chi connectivity index (χ4n) is 2.00. The summed E-state index contributed by atoms with van der Waals surface area (Å²) in [6, 6.07) is 0. The number of amides is 1. The van der Waals surface area contributed by atoms with Gasteiger partial charge in [0.05, 0.1) is 12.0 Å². The van der Waals surface area contributed by atoms with E-state index in [1.807, 2.05) is 13.8 Å². The SMILES string of the molecule is CCC(CC)(CN)C(=O)N(C)Cc1nnnn1C. The molecule has 1 aromatic rings. The summed E-state index contributed by atoms with van der Waals surface area (Å²) in [5.41, 5.74) is 5.31. The van der Waals surface area contributed by atoms with Gasteiger partial charge in [-0.2, -0.15) is 0 Å². The zero-order valence-corrected chi connectivity index (χ0v) is 11.6. The lowest BCUT2D eigenvalue weighted by atomic mass is 9.81. The van der Waals surface area contributed by atoms with Gasteiger partial charge in [-0.05, 0) is 23.3 Å². The summed E-state index contributed by atoms with van der Waals surface area (Å²) >= 11 is 0. The first kappa shape index (κ1) is 14.6. The van der Waals surface area contributed by atoms with Crippen LogP contribution in [0.25, 0.3) is 0 Å². The number of carbonyl (C=O) groups is 1. The first-order valence-corrected chi connectivity index (χ1v) is 6.17. The molecule has 2 N–H and O–H groups in total. The van der Waals surface area contributed by atoms with E-state index in [0.717, 1.165) is 12.8 Å². The Labute approximate surface area is 107 Å². The number of hydrogen-bond donors (Lipinski definition) is 1. The highest BCUT2D eigenvalue weighted by molar-refractivity contribution is 5.82. The standard InChI is InChI=1S/C11H22N6O/c1-5-11(6-2,8-12)10(18)16(3)7-9-13-14-15-17(9)4/h5-8,12H2,1-4H3. The van der Waals surface area contributed by atoms with Gasteiger partial charge in [0.15, 0.2) is 5.82 Å². The van der Waals surface area contributed by atoms with Crippen molar-refractivity contribution in [1.82, 2.24) is 25.1 Å². The second-order valence-corrected chi connectivity index (χ2v) is 4.57. The van der Waals surface area contributed by atoms with Crippen LogP contribution in [-0.4, -0.2) is 44.6 Å². The number of hydrogen-bond acceptors (Lipinski definition) is 5. The average Bonchev–Trinajstić information content (AvgIpc) is 2.77. The number of nitrogens with two attached hydrogens (primary N) is 1. The van der Waals surface area contributed by atoms with E-state index in [9.17, 15) is 4.79 Å². The topological polar surface area (TPSA) is 89.9 Å². The third-order valence-electron chi connectivity index (χ3n) is 3.63. The fourth-order valence-corrected chi connectivity index (χ4v) is 2.00. The lowest BCUT2D eigenvalue weighted by Crippen LogP contribution is -2.46. The molecule has 1 heterocycles. The number of nitrogens with zero attached hydrogens (tertiary/aromatic N) is 5. The van der Waals surface area contributed by atoms with Crippen LogP contribution >= 0.6 is 0 Å². The predicted molar refractivity (Wildman–Crippen MR) is 67.3 cm³/mol. The van der Waals surface area contributed by atoms with Crippen LogP contribution in [-0.2, 0) is 18.4 Å². The van der Waals surface area contributed by atoms with Crippen molar-refractivity contribution in [3.05, 3.63) is 5.82 Å². The Hall–Kier alpha value is -1.50. The molecule has 0 aromatic carbocycles. The first-order chi connectivity index (χ1) is 8.50. The van der Waals surface area contributed by atoms with Gasteiger partial charge in [0.2, 0.25) is 5.91 Å². The zero-order chi connectivity index (χ0) is 13.8. The third kappa shape index (κ3) is 2.66. The summed E-state index contributed by atoms with van der Waals surface area (Å²) in [6.45, 7) is 4.74. The van der Waals surface area contributed by atoms with E-state index in [2.05, 4.69) is 15.5 Å². The van der Waals surface area contributed by atoms with Gasteiger partial charge >= 0.3 is 0 Å². The van der Waals surface area contributed by atoms with Gasteiger partial charge in [-0.1, -0.05) is 13.8 Å². The molecule has 1 rings (SSSR count). The summed E-state index contributed by atoms with van der Waals surface area (Å²) in [7, 11) is 3.51. The third-order valence-corrected chi connectivity index (χ3v) is 3.63. The fraction of sp³-hybridized carbons (Fsp3) is 0.818. The molecule has 0 spiro atoms. The van der Waals surface area contributed by atoms with Crippen molar-refractivity contribution in [2.45, 2.75) is 33.2 Å². The summed E-state index contributed by atoms with van der Waals surface area (Å²) in [4.78, 5) is 14.1. The molecule has 0 fully saturated rings. The summed E-state index contributed by atoms with van der Waals surface area (Å²) in [5.74, 6) is 0.710. The lowest BCUT2D eigenvalue weighted by molar-refractivity contribution is -0.141. The van der Waals surface area contributed by atoms with Crippen molar-refractivity contribution >= 4 is 5.91 Å². The molecule has 1 aromatic heterocycles. The summed E-state index contributed by atoms with van der Waals surface area (Å²) in [5, 5.41) is 11.2. The largest absolute Gasteiger partial charge is 0.338 e. The Morgan fingerprint density at radius 1 is 1.44 bits per heavy atom. The van der Waals surface area contributed by atoms with Gasteiger partial charge in [0.1, 0.15) is 0 Å². The van der Waals surface area contributed by atoms with Crippen molar-refractivity contribution in [1.29, 1.82) is 0 Å². The van der Waals surface area contributed by atoms with E-state index in [0.29, 0.717) is 18.9 Å². The Balaban J connectivity index is 2.80. The summed E-state index contributed by atoms with van der Waals surface area (Å²) < 4.78 is 1.56. The van der Waals surface area contributed by atoms with Crippen LogP contribution in [0.5, 0.6) is 0 Å². The van der Waals surface area contributed by atoms with E-state index >= 15 is 0 Å². The maximum Gasteiger partial charge on any atom is 0.230 e. The molecule has 7 nitrogen and oxygen atoms in total. The van der Waals surface area contributed by atoms with Gasteiger partial charge in [0, 0.05) is 20.6 Å². The van der Waals surface area contributed by atoms with Gasteiger partial charge in [-0.3, -0.25) is 4.79 Å². The highest BCUT2D eigenvalue weighted by Crippen LogP contribution is 2.27. The Kier molecular flexibility index (Phi) is 4.77. The van der Waals surface area contributed by atoms with Crippen molar-refractivity contribution in [3.8, 4) is 0 Å². The quantitative estimate of drug-likeness (QED) is 0.767. The van der Waals surface area contributed by atoms with Crippen LogP contribution in [0.15, 0.2) is 0 Å². The summed E-state index contributed by atoms with van der Waals surface area (Å²) in [6.07, 6.45) is 1.47. The van der Waals surface area contributed by atoms with Crippen LogP contribution in [0.3, 0.4) is 0 Å². The van der Waals surface area contributed by atoms with E-state index in [1.165, 1.54) is 0 Å². The number of carbonyl (C=O) groups excluding carboxylic acids is 1. The molecule has 0 bridgehead atoms. The zero-order valence-electron chi connectivity index (χ0n) is 11.6. The minimum absolute atomic E-state index is 0.0537. The van der Waals surface area contributed by atoms with E-state index in [4.69, 9.17) is 5.73 Å². The molecule has 0 saturated heterocycles. The molecule has 0 aliphatic rings. The first-order valence-electron chi connectivity index (χ1n) is 6.17. The smallest absolute Gasteiger partial charge is 0.230 e. The maximum atomic E-state index is 12.5. The number of aryl methyl sites for hydroxylation is 1. The van der Waals surface area contributed by atoms with E-state index in [-0.39, 0.29) is 5.91 Å². The Bertz CT molecular complexity index is 390. The molecule has 0 aliphatic carbocycles. The van der Waals surface area contributed by atoms with Crippen molar-refractivity contribution in [2.24, 2.45) is 18.2 Å². The normalized spacial score (nSPS) is 11.6. The number of aromatic nitrogens is 4. The van der Waals surface area contributed by atoms with Gasteiger partial charge in [-0.25, -0.2) is 4.68 Å². The van der Waals surface area contributed by atoms with Crippen LogP contribution in [0.1, 0.15) is 32.5 Å². The molecule has 7 heteroatoms. The van der Waals surface area contributed by atoms with Crippen molar-refractivity contribution < 1.29 is 4.79 Å². The van der Waals surface area contributed by atoms with Crippen molar-refractivity contribution in [2.75, 3.05) is 13.6 Å². The molecule has 0 radical (unpaired) electrons. The maximum absolute atomic E-state index is 12.5. The highest BCUT2D eigenvalue weighted by atomic mass is 16.2. The number of rotatable bonds is 6. The molecular weight excluding hydrogens is 232 g/mol. The monoisotopic (exact) mass is 254 g/mol. The Morgan fingerprint density at radius 2 is 2.06 bits per heavy atom. The van der Waals surface area contributed by atoms with Gasteiger partial charge < -0.3 is 10.6 Å². The molecule has 0 saturated carbocycles.